The van der Waals surface area contributed by atoms with Crippen LogP contribution in [0.1, 0.15) is 17.3 Å². The highest BCUT2D eigenvalue weighted by atomic mass is 19.1. The molecule has 0 atom stereocenters. The van der Waals surface area contributed by atoms with Crippen molar-refractivity contribution < 1.29 is 13.9 Å². The SMILES string of the molecule is CCNc1cccc(C(=O)OC)c1F. The van der Waals surface area contributed by atoms with Crippen LogP contribution in [0.5, 0.6) is 0 Å². The van der Waals surface area contributed by atoms with E-state index in [1.165, 1.54) is 13.2 Å². The molecule has 1 aromatic carbocycles. The molecule has 1 rings (SSSR count). The molecule has 0 radical (unpaired) electrons. The number of nitrogens with one attached hydrogen (secondary N) is 1. The van der Waals surface area contributed by atoms with Gasteiger partial charge in [0.2, 0.25) is 0 Å². The second-order valence-corrected chi connectivity index (χ2v) is 2.69. The Labute approximate surface area is 81.9 Å². The lowest BCUT2D eigenvalue weighted by Gasteiger charge is -2.07. The molecule has 0 aliphatic heterocycles. The Morgan fingerprint density at radius 3 is 2.86 bits per heavy atom. The average Bonchev–Trinajstić information content (AvgIpc) is 2.20. The number of carbonyl (C=O) groups is 1. The number of hydrogen-bond donors (Lipinski definition) is 1. The lowest BCUT2D eigenvalue weighted by molar-refractivity contribution is 0.0595. The van der Waals surface area contributed by atoms with Crippen LogP contribution in [0.25, 0.3) is 0 Å². The highest BCUT2D eigenvalue weighted by Crippen LogP contribution is 2.18. The molecule has 0 saturated carbocycles. The van der Waals surface area contributed by atoms with Gasteiger partial charge in [-0.25, -0.2) is 9.18 Å². The monoisotopic (exact) mass is 197 g/mol. The van der Waals surface area contributed by atoms with Gasteiger partial charge in [0.1, 0.15) is 0 Å². The van der Waals surface area contributed by atoms with Crippen LogP contribution in [0, 0.1) is 5.82 Å². The quantitative estimate of drug-likeness (QED) is 0.753. The largest absolute Gasteiger partial charge is 0.465 e. The van der Waals surface area contributed by atoms with Gasteiger partial charge in [-0.3, -0.25) is 0 Å². The van der Waals surface area contributed by atoms with Gasteiger partial charge in [0.15, 0.2) is 5.82 Å². The summed E-state index contributed by atoms with van der Waals surface area (Å²) in [6, 6.07) is 4.57. The van der Waals surface area contributed by atoms with Crippen molar-refractivity contribution in [1.29, 1.82) is 0 Å². The zero-order valence-corrected chi connectivity index (χ0v) is 8.13. The number of rotatable bonds is 3. The van der Waals surface area contributed by atoms with Crippen LogP contribution >= 0.6 is 0 Å². The van der Waals surface area contributed by atoms with Gasteiger partial charge in [-0.05, 0) is 19.1 Å². The van der Waals surface area contributed by atoms with Crippen molar-refractivity contribution in [2.24, 2.45) is 0 Å². The van der Waals surface area contributed by atoms with Crippen LogP contribution in [0.4, 0.5) is 10.1 Å². The Morgan fingerprint density at radius 1 is 1.57 bits per heavy atom. The highest BCUT2D eigenvalue weighted by molar-refractivity contribution is 5.90. The second kappa shape index (κ2) is 4.60. The van der Waals surface area contributed by atoms with Crippen LogP contribution in [0.15, 0.2) is 18.2 Å². The predicted molar refractivity (Wildman–Crippen MR) is 51.9 cm³/mol. The fourth-order valence-electron chi connectivity index (χ4n) is 1.13. The molecule has 1 aromatic rings. The first-order valence-electron chi connectivity index (χ1n) is 4.31. The van der Waals surface area contributed by atoms with Gasteiger partial charge < -0.3 is 10.1 Å². The van der Waals surface area contributed by atoms with E-state index in [1.54, 1.807) is 12.1 Å². The van der Waals surface area contributed by atoms with E-state index in [9.17, 15) is 9.18 Å². The lowest BCUT2D eigenvalue weighted by Crippen LogP contribution is -2.07. The number of benzene rings is 1. The molecule has 0 spiro atoms. The molecule has 0 aromatic heterocycles. The average molecular weight is 197 g/mol. The van der Waals surface area contributed by atoms with Crippen LogP contribution in [-0.2, 0) is 4.74 Å². The number of methoxy groups -OCH3 is 1. The first-order valence-corrected chi connectivity index (χ1v) is 4.31. The van der Waals surface area contributed by atoms with Gasteiger partial charge in [-0.2, -0.15) is 0 Å². The number of ether oxygens (including phenoxy) is 1. The molecule has 0 aliphatic carbocycles. The second-order valence-electron chi connectivity index (χ2n) is 2.69. The molecule has 14 heavy (non-hydrogen) atoms. The third-order valence-corrected chi connectivity index (χ3v) is 1.77. The predicted octanol–water partition coefficient (Wildman–Crippen LogP) is 2.04. The van der Waals surface area contributed by atoms with Crippen molar-refractivity contribution in [3.8, 4) is 0 Å². The molecular formula is C10H12FNO2. The van der Waals surface area contributed by atoms with Crippen molar-refractivity contribution in [1.82, 2.24) is 0 Å². The summed E-state index contributed by atoms with van der Waals surface area (Å²) < 4.78 is 18.0. The van der Waals surface area contributed by atoms with Crippen molar-refractivity contribution in [3.63, 3.8) is 0 Å². The number of carbonyl (C=O) groups excluding carboxylic acids is 1. The minimum atomic E-state index is -0.665. The third kappa shape index (κ3) is 2.02. The van der Waals surface area contributed by atoms with Crippen molar-refractivity contribution in [2.75, 3.05) is 19.0 Å². The molecule has 0 aliphatic rings. The Bertz CT molecular complexity index is 339. The summed E-state index contributed by atoms with van der Waals surface area (Å²) in [6.45, 7) is 2.45. The Kier molecular flexibility index (Phi) is 3.45. The van der Waals surface area contributed by atoms with Crippen LogP contribution < -0.4 is 5.32 Å². The molecule has 1 N–H and O–H groups in total. The van der Waals surface area contributed by atoms with Gasteiger partial charge in [0.05, 0.1) is 18.4 Å². The maximum Gasteiger partial charge on any atom is 0.340 e. The van der Waals surface area contributed by atoms with Crippen LogP contribution in [-0.4, -0.2) is 19.6 Å². The molecule has 0 heterocycles. The minimum Gasteiger partial charge on any atom is -0.465 e. The normalized spacial score (nSPS) is 9.64. The molecule has 3 nitrogen and oxygen atoms in total. The Balaban J connectivity index is 3.07. The molecular weight excluding hydrogens is 185 g/mol. The summed E-state index contributed by atoms with van der Waals surface area (Å²) in [6.07, 6.45) is 0. The van der Waals surface area contributed by atoms with Crippen molar-refractivity contribution >= 4 is 11.7 Å². The summed E-state index contributed by atoms with van der Waals surface area (Å²) >= 11 is 0. The topological polar surface area (TPSA) is 38.3 Å². The summed E-state index contributed by atoms with van der Waals surface area (Å²) in [5.74, 6) is -1.23. The van der Waals surface area contributed by atoms with Crippen LogP contribution in [0.2, 0.25) is 0 Å². The van der Waals surface area contributed by atoms with Crippen LogP contribution in [0.3, 0.4) is 0 Å². The maximum absolute atomic E-state index is 13.5. The number of halogens is 1. The maximum atomic E-state index is 13.5. The summed E-state index contributed by atoms with van der Waals surface area (Å²) in [5, 5.41) is 2.81. The van der Waals surface area contributed by atoms with Crippen molar-refractivity contribution in [3.05, 3.63) is 29.6 Å². The minimum absolute atomic E-state index is 0.0500. The highest BCUT2D eigenvalue weighted by Gasteiger charge is 2.14. The van der Waals surface area contributed by atoms with Gasteiger partial charge in [-0.15, -0.1) is 0 Å². The molecule has 0 bridgehead atoms. The third-order valence-electron chi connectivity index (χ3n) is 1.77. The molecule has 0 fully saturated rings. The van der Waals surface area contributed by atoms with E-state index in [4.69, 9.17) is 0 Å². The van der Waals surface area contributed by atoms with E-state index in [1.807, 2.05) is 6.92 Å². The first kappa shape index (κ1) is 10.5. The van der Waals surface area contributed by atoms with Gasteiger partial charge in [0.25, 0.3) is 0 Å². The van der Waals surface area contributed by atoms with E-state index < -0.39 is 11.8 Å². The van der Waals surface area contributed by atoms with Crippen molar-refractivity contribution in [2.45, 2.75) is 6.92 Å². The van der Waals surface area contributed by atoms with E-state index in [2.05, 4.69) is 10.1 Å². The Hall–Kier alpha value is -1.58. The number of hydrogen-bond acceptors (Lipinski definition) is 3. The lowest BCUT2D eigenvalue weighted by atomic mass is 10.2. The molecule has 0 amide bonds. The zero-order valence-electron chi connectivity index (χ0n) is 8.13. The number of esters is 1. The smallest absolute Gasteiger partial charge is 0.340 e. The fraction of sp³-hybridized carbons (Fsp3) is 0.300. The fourth-order valence-corrected chi connectivity index (χ4v) is 1.13. The molecule has 76 valence electrons. The summed E-state index contributed by atoms with van der Waals surface area (Å²) in [4.78, 5) is 11.1. The van der Waals surface area contributed by atoms with E-state index in [0.717, 1.165) is 0 Å². The van der Waals surface area contributed by atoms with E-state index >= 15 is 0 Å². The zero-order chi connectivity index (χ0) is 10.6. The summed E-state index contributed by atoms with van der Waals surface area (Å²) in [7, 11) is 1.22. The molecule has 0 unspecified atom stereocenters. The van der Waals surface area contributed by atoms with Gasteiger partial charge in [0, 0.05) is 6.54 Å². The van der Waals surface area contributed by atoms with Gasteiger partial charge in [-0.1, -0.05) is 6.07 Å². The summed E-state index contributed by atoms with van der Waals surface area (Å²) in [5.41, 5.74) is 0.265. The molecule has 4 heteroatoms. The standard InChI is InChI=1S/C10H12FNO2/c1-3-12-8-6-4-5-7(9(8)11)10(13)14-2/h4-6,12H,3H2,1-2H3. The Morgan fingerprint density at radius 2 is 2.29 bits per heavy atom. The number of anilines is 1. The first-order chi connectivity index (χ1) is 6.70. The molecule has 0 saturated heterocycles. The van der Waals surface area contributed by atoms with Gasteiger partial charge >= 0.3 is 5.97 Å². The van der Waals surface area contributed by atoms with E-state index in [-0.39, 0.29) is 5.56 Å². The van der Waals surface area contributed by atoms with E-state index in [0.29, 0.717) is 12.2 Å².